The van der Waals surface area contributed by atoms with Crippen LogP contribution in [0.25, 0.3) is 0 Å². The van der Waals surface area contributed by atoms with Crippen LogP contribution in [0.15, 0.2) is 12.7 Å². The van der Waals surface area contributed by atoms with Gasteiger partial charge in [-0.1, -0.05) is 90.2 Å². The van der Waals surface area contributed by atoms with E-state index in [1.54, 1.807) is 6.08 Å². The first-order chi connectivity index (χ1) is 9.81. The number of carbonyl (C=O) groups excluding carboxylic acids is 1. The molecule has 2 nitrogen and oxygen atoms in total. The smallest absolute Gasteiger partial charge is 0.306 e. The Labute approximate surface area is 126 Å². The lowest BCUT2D eigenvalue weighted by molar-refractivity contribution is -0.142. The van der Waals surface area contributed by atoms with Crippen molar-refractivity contribution in [3.05, 3.63) is 12.7 Å². The first kappa shape index (κ1) is 19.2. The van der Waals surface area contributed by atoms with Crippen molar-refractivity contribution in [3.8, 4) is 0 Å². The summed E-state index contributed by atoms with van der Waals surface area (Å²) in [6.45, 7) is 6.13. The van der Waals surface area contributed by atoms with Crippen LogP contribution in [-0.4, -0.2) is 12.6 Å². The van der Waals surface area contributed by atoms with E-state index in [9.17, 15) is 4.79 Å². The summed E-state index contributed by atoms with van der Waals surface area (Å²) in [4.78, 5) is 11.2. The molecule has 0 saturated carbocycles. The van der Waals surface area contributed by atoms with Crippen molar-refractivity contribution in [1.29, 1.82) is 0 Å². The van der Waals surface area contributed by atoms with Crippen molar-refractivity contribution in [2.75, 3.05) is 6.61 Å². The highest BCUT2D eigenvalue weighted by Gasteiger charge is 2.00. The van der Waals surface area contributed by atoms with E-state index in [4.69, 9.17) is 4.74 Å². The van der Waals surface area contributed by atoms with Gasteiger partial charge in [0, 0.05) is 6.42 Å². The van der Waals surface area contributed by atoms with Crippen LogP contribution < -0.4 is 0 Å². The zero-order valence-electron chi connectivity index (χ0n) is 13.5. The average molecular weight is 282 g/mol. The minimum absolute atomic E-state index is 0.0861. The molecule has 0 heterocycles. The van der Waals surface area contributed by atoms with E-state index in [1.807, 2.05) is 0 Å². The van der Waals surface area contributed by atoms with Crippen LogP contribution in [-0.2, 0) is 9.53 Å². The Balaban J connectivity index is 3.06. The number of hydrogen-bond acceptors (Lipinski definition) is 2. The van der Waals surface area contributed by atoms with Gasteiger partial charge in [-0.15, -0.1) is 0 Å². The fourth-order valence-electron chi connectivity index (χ4n) is 2.33. The summed E-state index contributed by atoms with van der Waals surface area (Å²) in [5, 5.41) is 0. The molecule has 20 heavy (non-hydrogen) atoms. The van der Waals surface area contributed by atoms with Gasteiger partial charge in [0.2, 0.25) is 0 Å². The number of unbranched alkanes of at least 4 members (excludes halogenated alkanes) is 11. The highest BCUT2D eigenvalue weighted by Crippen LogP contribution is 2.12. The van der Waals surface area contributed by atoms with E-state index in [2.05, 4.69) is 13.5 Å². The summed E-state index contributed by atoms with van der Waals surface area (Å²) in [7, 11) is 0. The molecular weight excluding hydrogens is 248 g/mol. The van der Waals surface area contributed by atoms with Gasteiger partial charge >= 0.3 is 5.97 Å². The molecule has 0 aromatic rings. The van der Waals surface area contributed by atoms with Crippen LogP contribution in [0.1, 0.15) is 90.4 Å². The summed E-state index contributed by atoms with van der Waals surface area (Å²) in [5.74, 6) is -0.0861. The number of ether oxygens (including phenoxy) is 1. The van der Waals surface area contributed by atoms with Gasteiger partial charge in [0.05, 0.1) is 0 Å². The molecule has 0 aliphatic heterocycles. The number of esters is 1. The minimum Gasteiger partial charge on any atom is -0.461 e. The van der Waals surface area contributed by atoms with E-state index in [-0.39, 0.29) is 5.97 Å². The second-order valence-corrected chi connectivity index (χ2v) is 5.61. The van der Waals surface area contributed by atoms with Crippen molar-refractivity contribution in [3.63, 3.8) is 0 Å². The lowest BCUT2D eigenvalue weighted by Gasteiger charge is -2.03. The Hall–Kier alpha value is -0.790. The number of hydrogen-bond donors (Lipinski definition) is 0. The Morgan fingerprint density at radius 2 is 1.30 bits per heavy atom. The molecule has 0 radical (unpaired) electrons. The highest BCUT2D eigenvalue weighted by atomic mass is 16.5. The van der Waals surface area contributed by atoms with E-state index in [0.717, 1.165) is 12.8 Å². The van der Waals surface area contributed by atoms with Crippen molar-refractivity contribution < 1.29 is 9.53 Å². The average Bonchev–Trinajstić information content (AvgIpc) is 2.46. The summed E-state index contributed by atoms with van der Waals surface area (Å²) < 4.78 is 4.93. The fraction of sp³-hybridized carbons (Fsp3) is 0.833. The number of carbonyl (C=O) groups is 1. The molecule has 0 aliphatic carbocycles. The fourth-order valence-corrected chi connectivity index (χ4v) is 2.33. The van der Waals surface area contributed by atoms with Crippen LogP contribution in [0.5, 0.6) is 0 Å². The zero-order chi connectivity index (χ0) is 14.9. The molecule has 118 valence electrons. The van der Waals surface area contributed by atoms with Gasteiger partial charge in [0.1, 0.15) is 6.61 Å². The molecule has 0 amide bonds. The molecule has 0 aliphatic rings. The van der Waals surface area contributed by atoms with Gasteiger partial charge in [-0.05, 0) is 6.42 Å². The largest absolute Gasteiger partial charge is 0.461 e. The van der Waals surface area contributed by atoms with Gasteiger partial charge in [0.15, 0.2) is 0 Å². The third kappa shape index (κ3) is 15.3. The maximum Gasteiger partial charge on any atom is 0.306 e. The second-order valence-electron chi connectivity index (χ2n) is 5.61. The standard InChI is InChI=1S/C18H34O2/c1-3-5-6-7-8-9-10-11-12-13-14-15-16-18(19)20-17-4-2/h4H,2-3,5-17H2,1H3. The van der Waals surface area contributed by atoms with Crippen LogP contribution in [0.3, 0.4) is 0 Å². The van der Waals surface area contributed by atoms with Crippen LogP contribution in [0.2, 0.25) is 0 Å². The Morgan fingerprint density at radius 3 is 1.75 bits per heavy atom. The summed E-state index contributed by atoms with van der Waals surface area (Å²) in [6, 6.07) is 0. The van der Waals surface area contributed by atoms with E-state index < -0.39 is 0 Å². The monoisotopic (exact) mass is 282 g/mol. The molecule has 0 rings (SSSR count). The topological polar surface area (TPSA) is 26.3 Å². The number of rotatable bonds is 15. The zero-order valence-corrected chi connectivity index (χ0v) is 13.5. The van der Waals surface area contributed by atoms with E-state index in [0.29, 0.717) is 13.0 Å². The first-order valence-corrected chi connectivity index (χ1v) is 8.57. The SMILES string of the molecule is C=CCOC(=O)CCCCCCCCCCCCCC. The van der Waals surface area contributed by atoms with Crippen LogP contribution >= 0.6 is 0 Å². The molecule has 0 fully saturated rings. The molecule has 2 heteroatoms. The van der Waals surface area contributed by atoms with Gasteiger partial charge in [-0.3, -0.25) is 4.79 Å². The molecule has 0 saturated heterocycles. The van der Waals surface area contributed by atoms with Crippen molar-refractivity contribution in [2.45, 2.75) is 90.4 Å². The summed E-state index contributed by atoms with van der Waals surface area (Å²) in [6.07, 6.45) is 18.0. The van der Waals surface area contributed by atoms with Gasteiger partial charge < -0.3 is 4.74 Å². The molecule has 0 bridgehead atoms. The van der Waals surface area contributed by atoms with Crippen LogP contribution in [0.4, 0.5) is 0 Å². The Bertz CT molecular complexity index is 223. The molecule has 0 aromatic heterocycles. The van der Waals surface area contributed by atoms with Crippen molar-refractivity contribution in [1.82, 2.24) is 0 Å². The quantitative estimate of drug-likeness (QED) is 0.215. The minimum atomic E-state index is -0.0861. The van der Waals surface area contributed by atoms with E-state index >= 15 is 0 Å². The van der Waals surface area contributed by atoms with Crippen molar-refractivity contribution >= 4 is 5.97 Å². The second kappa shape index (κ2) is 16.3. The van der Waals surface area contributed by atoms with Crippen molar-refractivity contribution in [2.24, 2.45) is 0 Å². The summed E-state index contributed by atoms with van der Waals surface area (Å²) >= 11 is 0. The van der Waals surface area contributed by atoms with Gasteiger partial charge in [-0.25, -0.2) is 0 Å². The van der Waals surface area contributed by atoms with E-state index in [1.165, 1.54) is 64.2 Å². The molecule has 0 atom stereocenters. The maximum absolute atomic E-state index is 11.2. The van der Waals surface area contributed by atoms with Gasteiger partial charge in [0.25, 0.3) is 0 Å². The third-order valence-electron chi connectivity index (χ3n) is 3.60. The predicted octanol–water partition coefficient (Wildman–Crippen LogP) is 5.81. The molecule has 0 unspecified atom stereocenters. The molecule has 0 spiro atoms. The first-order valence-electron chi connectivity index (χ1n) is 8.57. The van der Waals surface area contributed by atoms with Gasteiger partial charge in [-0.2, -0.15) is 0 Å². The Morgan fingerprint density at radius 1 is 0.850 bits per heavy atom. The Kier molecular flexibility index (Phi) is 15.6. The van der Waals surface area contributed by atoms with Crippen LogP contribution in [0, 0.1) is 0 Å². The highest BCUT2D eigenvalue weighted by molar-refractivity contribution is 5.69. The summed E-state index contributed by atoms with van der Waals surface area (Å²) in [5.41, 5.74) is 0. The lowest BCUT2D eigenvalue weighted by atomic mass is 10.0. The third-order valence-corrected chi connectivity index (χ3v) is 3.60. The normalized spacial score (nSPS) is 10.4. The maximum atomic E-state index is 11.2. The molecular formula is C18H34O2. The lowest BCUT2D eigenvalue weighted by Crippen LogP contribution is -2.03. The molecule has 0 N–H and O–H groups in total. The molecule has 0 aromatic carbocycles. The predicted molar refractivity (Wildman–Crippen MR) is 86.9 cm³/mol.